The zero-order chi connectivity index (χ0) is 14.5. The summed E-state index contributed by atoms with van der Waals surface area (Å²) in [6.07, 6.45) is 0. The average Bonchev–Trinajstić information content (AvgIpc) is 2.34. The quantitative estimate of drug-likeness (QED) is 0.777. The Kier molecular flexibility index (Phi) is 5.01. The summed E-state index contributed by atoms with van der Waals surface area (Å²) in [6.45, 7) is 9.03. The molecule has 1 amide bonds. The van der Waals surface area contributed by atoms with Crippen LogP contribution in [-0.2, 0) is 4.79 Å². The lowest BCUT2D eigenvalue weighted by Crippen LogP contribution is -2.50. The Balaban J connectivity index is 1.72. The minimum Gasteiger partial charge on any atom is -0.491 e. The van der Waals surface area contributed by atoms with Gasteiger partial charge in [-0.1, -0.05) is 25.1 Å². The Morgan fingerprint density at radius 2 is 2.05 bits per heavy atom. The highest BCUT2D eigenvalue weighted by Crippen LogP contribution is 2.22. The molecule has 2 rings (SSSR count). The zero-order valence-corrected chi connectivity index (χ0v) is 12.5. The van der Waals surface area contributed by atoms with E-state index in [1.165, 1.54) is 0 Å². The van der Waals surface area contributed by atoms with Gasteiger partial charge in [-0.3, -0.25) is 4.79 Å². The van der Waals surface area contributed by atoms with E-state index in [0.29, 0.717) is 19.1 Å². The van der Waals surface area contributed by atoms with Crippen molar-refractivity contribution in [2.45, 2.75) is 20.8 Å². The van der Waals surface area contributed by atoms with Crippen LogP contribution in [0.5, 0.6) is 5.75 Å². The molecule has 2 N–H and O–H groups in total. The molecular formula is C16H24N2O2. The molecule has 4 nitrogen and oxygen atoms in total. The van der Waals surface area contributed by atoms with Crippen LogP contribution in [-0.4, -0.2) is 32.1 Å². The van der Waals surface area contributed by atoms with Gasteiger partial charge in [0.2, 0.25) is 5.91 Å². The van der Waals surface area contributed by atoms with Crippen molar-refractivity contribution in [3.05, 3.63) is 29.3 Å². The number of nitrogens with one attached hydrogen (secondary N) is 2. The Hall–Kier alpha value is -1.55. The number of ether oxygens (including phenoxy) is 1. The molecule has 1 atom stereocenters. The molecule has 1 aliphatic heterocycles. The number of carbonyl (C=O) groups is 1. The number of para-hydroxylation sites is 1. The van der Waals surface area contributed by atoms with Gasteiger partial charge in [-0.2, -0.15) is 0 Å². The van der Waals surface area contributed by atoms with Crippen LogP contribution in [0, 0.1) is 25.7 Å². The monoisotopic (exact) mass is 276 g/mol. The summed E-state index contributed by atoms with van der Waals surface area (Å²) in [4.78, 5) is 11.9. The van der Waals surface area contributed by atoms with Crippen molar-refractivity contribution in [3.8, 4) is 5.75 Å². The summed E-state index contributed by atoms with van der Waals surface area (Å²) in [5.41, 5.74) is 2.26. The molecule has 1 fully saturated rings. The molecule has 4 heteroatoms. The van der Waals surface area contributed by atoms with Crippen LogP contribution in [0.2, 0.25) is 0 Å². The van der Waals surface area contributed by atoms with Gasteiger partial charge >= 0.3 is 0 Å². The lowest BCUT2D eigenvalue weighted by molar-refractivity contribution is -0.126. The second kappa shape index (κ2) is 6.75. The topological polar surface area (TPSA) is 50.4 Å². The maximum Gasteiger partial charge on any atom is 0.223 e. The van der Waals surface area contributed by atoms with Gasteiger partial charge in [0.15, 0.2) is 0 Å². The van der Waals surface area contributed by atoms with Crippen LogP contribution in [0.3, 0.4) is 0 Å². The minimum atomic E-state index is 0.0800. The van der Waals surface area contributed by atoms with E-state index in [2.05, 4.69) is 10.6 Å². The number of hydrogen-bond donors (Lipinski definition) is 2. The van der Waals surface area contributed by atoms with Crippen LogP contribution >= 0.6 is 0 Å². The first-order valence-electron chi connectivity index (χ1n) is 7.27. The highest BCUT2D eigenvalue weighted by Gasteiger charge is 2.28. The third-order valence-corrected chi connectivity index (χ3v) is 3.99. The lowest BCUT2D eigenvalue weighted by atomic mass is 9.88. The molecule has 1 saturated heterocycles. The van der Waals surface area contributed by atoms with E-state index in [-0.39, 0.29) is 11.8 Å². The van der Waals surface area contributed by atoms with E-state index in [1.807, 2.05) is 39.0 Å². The molecule has 1 aromatic carbocycles. The molecule has 0 radical (unpaired) electrons. The number of benzene rings is 1. The summed E-state index contributed by atoms with van der Waals surface area (Å²) >= 11 is 0. The van der Waals surface area contributed by atoms with Crippen molar-refractivity contribution >= 4 is 5.91 Å². The molecule has 0 spiro atoms. The van der Waals surface area contributed by atoms with Gasteiger partial charge in [-0.05, 0) is 44.0 Å². The zero-order valence-electron chi connectivity index (χ0n) is 12.5. The van der Waals surface area contributed by atoms with Gasteiger partial charge in [0.1, 0.15) is 12.4 Å². The summed E-state index contributed by atoms with van der Waals surface area (Å²) < 4.78 is 5.77. The molecule has 110 valence electrons. The van der Waals surface area contributed by atoms with E-state index < -0.39 is 0 Å². The summed E-state index contributed by atoms with van der Waals surface area (Å²) in [7, 11) is 0. The van der Waals surface area contributed by atoms with Crippen molar-refractivity contribution in [1.29, 1.82) is 0 Å². The average molecular weight is 276 g/mol. The third-order valence-electron chi connectivity index (χ3n) is 3.99. The maximum absolute atomic E-state index is 11.9. The van der Waals surface area contributed by atoms with Gasteiger partial charge in [0, 0.05) is 5.92 Å². The van der Waals surface area contributed by atoms with E-state index in [4.69, 9.17) is 4.74 Å². The normalized spacial score (nSPS) is 16.4. The van der Waals surface area contributed by atoms with E-state index in [0.717, 1.165) is 30.0 Å². The molecule has 0 saturated carbocycles. The molecule has 0 bridgehead atoms. The first-order valence-corrected chi connectivity index (χ1v) is 7.27. The predicted octanol–water partition coefficient (Wildman–Crippen LogP) is 1.65. The Morgan fingerprint density at radius 3 is 2.60 bits per heavy atom. The fourth-order valence-corrected chi connectivity index (χ4v) is 2.39. The Bertz CT molecular complexity index is 449. The summed E-state index contributed by atoms with van der Waals surface area (Å²) in [5.74, 6) is 1.62. The highest BCUT2D eigenvalue weighted by atomic mass is 16.5. The number of carbonyl (C=O) groups excluding carboxylic acids is 1. The molecule has 1 aromatic rings. The second-order valence-corrected chi connectivity index (χ2v) is 5.57. The third kappa shape index (κ3) is 3.51. The standard InChI is InChI=1S/C16H24N2O2/c1-11-5-4-6-12(2)15(11)20-8-7-18-16(19)13(3)14-9-17-10-14/h4-6,13-14,17H,7-10H2,1-3H3,(H,18,19). The number of hydrogen-bond acceptors (Lipinski definition) is 3. The molecule has 20 heavy (non-hydrogen) atoms. The number of amides is 1. The van der Waals surface area contributed by atoms with Crippen molar-refractivity contribution in [2.75, 3.05) is 26.2 Å². The Morgan fingerprint density at radius 1 is 1.40 bits per heavy atom. The van der Waals surface area contributed by atoms with Gasteiger partial charge in [-0.15, -0.1) is 0 Å². The van der Waals surface area contributed by atoms with Crippen LogP contribution in [0.4, 0.5) is 0 Å². The van der Waals surface area contributed by atoms with Gasteiger partial charge in [0.25, 0.3) is 0 Å². The SMILES string of the molecule is Cc1cccc(C)c1OCCNC(=O)C(C)C1CNC1. The van der Waals surface area contributed by atoms with E-state index in [9.17, 15) is 4.79 Å². The largest absolute Gasteiger partial charge is 0.491 e. The van der Waals surface area contributed by atoms with Crippen molar-refractivity contribution in [3.63, 3.8) is 0 Å². The number of rotatable bonds is 6. The molecule has 0 aromatic heterocycles. The van der Waals surface area contributed by atoms with Crippen LogP contribution in [0.15, 0.2) is 18.2 Å². The van der Waals surface area contributed by atoms with E-state index >= 15 is 0 Å². The fourth-order valence-electron chi connectivity index (χ4n) is 2.39. The highest BCUT2D eigenvalue weighted by molar-refractivity contribution is 5.78. The van der Waals surface area contributed by atoms with Crippen molar-refractivity contribution in [2.24, 2.45) is 11.8 Å². The molecule has 0 aliphatic carbocycles. The van der Waals surface area contributed by atoms with Crippen LogP contribution in [0.25, 0.3) is 0 Å². The first-order chi connectivity index (χ1) is 9.59. The predicted molar refractivity (Wildman–Crippen MR) is 79.9 cm³/mol. The van der Waals surface area contributed by atoms with Crippen LogP contribution in [0.1, 0.15) is 18.1 Å². The molecule has 1 heterocycles. The smallest absolute Gasteiger partial charge is 0.223 e. The van der Waals surface area contributed by atoms with Crippen molar-refractivity contribution in [1.82, 2.24) is 10.6 Å². The van der Waals surface area contributed by atoms with Gasteiger partial charge in [0.05, 0.1) is 6.54 Å². The molecular weight excluding hydrogens is 252 g/mol. The lowest BCUT2D eigenvalue weighted by Gasteiger charge is -2.31. The van der Waals surface area contributed by atoms with Crippen LogP contribution < -0.4 is 15.4 Å². The minimum absolute atomic E-state index is 0.0800. The van der Waals surface area contributed by atoms with Gasteiger partial charge in [-0.25, -0.2) is 0 Å². The Labute approximate surface area is 120 Å². The molecule has 1 aliphatic rings. The van der Waals surface area contributed by atoms with Crippen molar-refractivity contribution < 1.29 is 9.53 Å². The fraction of sp³-hybridized carbons (Fsp3) is 0.562. The van der Waals surface area contributed by atoms with Gasteiger partial charge < -0.3 is 15.4 Å². The molecule has 1 unspecified atom stereocenters. The summed E-state index contributed by atoms with van der Waals surface area (Å²) in [5, 5.41) is 6.14. The van der Waals surface area contributed by atoms with E-state index in [1.54, 1.807) is 0 Å². The second-order valence-electron chi connectivity index (χ2n) is 5.57. The summed E-state index contributed by atoms with van der Waals surface area (Å²) in [6, 6.07) is 6.09. The maximum atomic E-state index is 11.9. The first kappa shape index (κ1) is 14.9. The number of aryl methyl sites for hydroxylation is 2.